The fourth-order valence-electron chi connectivity index (χ4n) is 5.62. The van der Waals surface area contributed by atoms with Crippen LogP contribution in [0.25, 0.3) is 0 Å². The van der Waals surface area contributed by atoms with Crippen molar-refractivity contribution < 1.29 is 9.47 Å². The van der Waals surface area contributed by atoms with Gasteiger partial charge in [0.15, 0.2) is 10.8 Å². The third-order valence-electron chi connectivity index (χ3n) is 7.66. The maximum Gasteiger partial charge on any atom is 0.245 e. The van der Waals surface area contributed by atoms with E-state index in [-0.39, 0.29) is 5.02 Å². The van der Waals surface area contributed by atoms with Gasteiger partial charge in [0.05, 0.1) is 35.3 Å². The van der Waals surface area contributed by atoms with Crippen LogP contribution in [0.2, 0.25) is 10.0 Å². The minimum absolute atomic E-state index is 0.272. The molecule has 3 rings (SSSR count). The van der Waals surface area contributed by atoms with Crippen LogP contribution in [-0.2, 0) is 15.3 Å². The Labute approximate surface area is 218 Å². The lowest BCUT2D eigenvalue weighted by Crippen LogP contribution is -2.61. The van der Waals surface area contributed by atoms with Gasteiger partial charge in [-0.3, -0.25) is 5.41 Å². The summed E-state index contributed by atoms with van der Waals surface area (Å²) >= 11 is 12.6. The molecule has 1 aromatic rings. The molecule has 0 aliphatic carbocycles. The molecule has 186 valence electrons. The predicted molar refractivity (Wildman–Crippen MR) is 135 cm³/mol. The van der Waals surface area contributed by atoms with Gasteiger partial charge >= 0.3 is 0 Å². The first-order valence-electron chi connectivity index (χ1n) is 12.4. The molecule has 2 aliphatic rings. The largest absolute Gasteiger partial charge is 0.443 e. The van der Waals surface area contributed by atoms with Gasteiger partial charge in [0, 0.05) is 10.6 Å². The molecule has 6 nitrogen and oxygen atoms in total. The molecule has 0 amide bonds. The van der Waals surface area contributed by atoms with Gasteiger partial charge in [-0.05, 0) is 24.6 Å². The first-order chi connectivity index (χ1) is 16.8. The molecule has 4 atom stereocenters. The van der Waals surface area contributed by atoms with Gasteiger partial charge in [-0.1, -0.05) is 94.8 Å². The van der Waals surface area contributed by atoms with Gasteiger partial charge in [0.2, 0.25) is 11.7 Å². The molecule has 1 aromatic carbocycles. The van der Waals surface area contributed by atoms with Crippen molar-refractivity contribution in [3.05, 3.63) is 33.8 Å². The first kappa shape index (κ1) is 27.3. The third-order valence-corrected chi connectivity index (χ3v) is 8.21. The average molecular weight is 515 g/mol. The SMILES string of the molecule is CCCCCCCCCCCC1OC2(c3ccc(Cl)cc3Cl)OC(=N)C(C#N)(C2C)C1(C#N)C#N. The number of nitrogens with one attached hydrogen (secondary N) is 1. The number of halogens is 2. The van der Waals surface area contributed by atoms with Crippen LogP contribution in [0.1, 0.15) is 83.6 Å². The van der Waals surface area contributed by atoms with Gasteiger partial charge in [-0.15, -0.1) is 0 Å². The fraction of sp³-hybridized carbons (Fsp3) is 0.630. The van der Waals surface area contributed by atoms with Crippen molar-refractivity contribution in [1.82, 2.24) is 0 Å². The van der Waals surface area contributed by atoms with Gasteiger partial charge in [-0.25, -0.2) is 0 Å². The van der Waals surface area contributed by atoms with Crippen LogP contribution in [0.4, 0.5) is 0 Å². The number of nitrogens with zero attached hydrogens (tertiary/aromatic N) is 3. The molecule has 1 N–H and O–H groups in total. The zero-order valence-electron chi connectivity index (χ0n) is 20.4. The van der Waals surface area contributed by atoms with E-state index in [9.17, 15) is 15.8 Å². The number of nitriles is 3. The lowest BCUT2D eigenvalue weighted by atomic mass is 9.53. The van der Waals surface area contributed by atoms with E-state index in [4.69, 9.17) is 38.1 Å². The lowest BCUT2D eigenvalue weighted by molar-refractivity contribution is -0.286. The maximum atomic E-state index is 10.3. The summed E-state index contributed by atoms with van der Waals surface area (Å²) in [5.41, 5.74) is -3.24. The smallest absolute Gasteiger partial charge is 0.245 e. The van der Waals surface area contributed by atoms with E-state index < -0.39 is 34.5 Å². The topological polar surface area (TPSA) is 114 Å². The molecule has 2 heterocycles. The highest BCUT2D eigenvalue weighted by Gasteiger charge is 2.79. The highest BCUT2D eigenvalue weighted by molar-refractivity contribution is 6.35. The summed E-state index contributed by atoms with van der Waals surface area (Å²) in [6.45, 7) is 3.88. The van der Waals surface area contributed by atoms with Gasteiger partial charge < -0.3 is 9.47 Å². The number of fused-ring (bicyclic) bond motifs is 2. The van der Waals surface area contributed by atoms with Crippen molar-refractivity contribution in [1.29, 1.82) is 21.2 Å². The highest BCUT2D eigenvalue weighted by Crippen LogP contribution is 2.66. The molecule has 2 saturated heterocycles. The van der Waals surface area contributed by atoms with E-state index >= 15 is 0 Å². The standard InChI is InChI=1S/C27H32Cl2N4O2/c1-3-4-5-6-7-8-9-10-11-12-23-25(16-30,17-31)26(18-32)19(2)27(34-23,35-24(26)33)21-14-13-20(28)15-22(21)29/h13-15,19,23,33H,3-12H2,1-2H3. The third kappa shape index (κ3) is 4.40. The summed E-state index contributed by atoms with van der Waals surface area (Å²) < 4.78 is 12.4. The van der Waals surface area contributed by atoms with Crippen molar-refractivity contribution in [2.75, 3.05) is 0 Å². The molecular weight excluding hydrogens is 483 g/mol. The van der Waals surface area contributed by atoms with Crippen molar-refractivity contribution in [3.8, 4) is 18.2 Å². The van der Waals surface area contributed by atoms with Crippen molar-refractivity contribution >= 4 is 29.1 Å². The van der Waals surface area contributed by atoms with Crippen molar-refractivity contribution in [2.24, 2.45) is 16.7 Å². The van der Waals surface area contributed by atoms with E-state index in [0.29, 0.717) is 17.0 Å². The Bertz CT molecular complexity index is 1060. The molecule has 4 unspecified atom stereocenters. The van der Waals surface area contributed by atoms with Crippen LogP contribution >= 0.6 is 23.2 Å². The number of unbranched alkanes of at least 4 members (excludes halogenated alkanes) is 8. The minimum Gasteiger partial charge on any atom is -0.443 e. The van der Waals surface area contributed by atoms with Crippen LogP contribution in [0.15, 0.2) is 18.2 Å². The Kier molecular flexibility index (Phi) is 8.72. The summed E-state index contributed by atoms with van der Waals surface area (Å²) in [5.74, 6) is -2.82. The molecule has 0 aromatic heterocycles. The van der Waals surface area contributed by atoms with E-state index in [2.05, 4.69) is 25.1 Å². The Hall–Kier alpha value is -2.30. The molecule has 0 spiro atoms. The van der Waals surface area contributed by atoms with E-state index in [1.54, 1.807) is 25.1 Å². The molecule has 2 aliphatic heterocycles. The fourth-order valence-corrected chi connectivity index (χ4v) is 6.16. The van der Waals surface area contributed by atoms with Crippen molar-refractivity contribution in [3.63, 3.8) is 0 Å². The van der Waals surface area contributed by atoms with Crippen molar-refractivity contribution in [2.45, 2.75) is 89.9 Å². The number of hydrogen-bond acceptors (Lipinski definition) is 6. The number of ether oxygens (including phenoxy) is 2. The zero-order valence-corrected chi connectivity index (χ0v) is 21.9. The molecule has 35 heavy (non-hydrogen) atoms. The second-order valence-electron chi connectivity index (χ2n) is 9.62. The maximum absolute atomic E-state index is 10.3. The molecule has 2 fully saturated rings. The zero-order chi connectivity index (χ0) is 25.7. The quantitative estimate of drug-likeness (QED) is 0.304. The number of benzene rings is 1. The molecule has 0 saturated carbocycles. The van der Waals surface area contributed by atoms with Gasteiger partial charge in [0.1, 0.15) is 0 Å². The van der Waals surface area contributed by atoms with Crippen LogP contribution in [-0.4, -0.2) is 12.0 Å². The lowest BCUT2D eigenvalue weighted by Gasteiger charge is -2.49. The Morgan fingerprint density at radius 1 is 0.943 bits per heavy atom. The van der Waals surface area contributed by atoms with E-state index in [0.717, 1.165) is 25.7 Å². The highest BCUT2D eigenvalue weighted by atomic mass is 35.5. The van der Waals surface area contributed by atoms with Gasteiger partial charge in [-0.2, -0.15) is 15.8 Å². The second-order valence-corrected chi connectivity index (χ2v) is 10.5. The normalized spacial score (nSPS) is 28.5. The predicted octanol–water partition coefficient (Wildman–Crippen LogP) is 7.65. The summed E-state index contributed by atoms with van der Waals surface area (Å²) in [4.78, 5) is 0. The Morgan fingerprint density at radius 3 is 2.09 bits per heavy atom. The summed E-state index contributed by atoms with van der Waals surface area (Å²) in [5, 5.41) is 40.2. The molecule has 8 heteroatoms. The van der Waals surface area contributed by atoms with Crippen LogP contribution < -0.4 is 0 Å². The minimum atomic E-state index is -1.88. The summed E-state index contributed by atoms with van der Waals surface area (Å²) in [6.07, 6.45) is 9.59. The number of rotatable bonds is 11. The molecule has 2 bridgehead atoms. The molecule has 0 radical (unpaired) electrons. The van der Waals surface area contributed by atoms with Crippen LogP contribution in [0.5, 0.6) is 0 Å². The van der Waals surface area contributed by atoms with E-state index in [1.165, 1.54) is 32.1 Å². The van der Waals surface area contributed by atoms with Crippen LogP contribution in [0.3, 0.4) is 0 Å². The second kappa shape index (κ2) is 11.2. The van der Waals surface area contributed by atoms with Gasteiger partial charge in [0.25, 0.3) is 0 Å². The Balaban J connectivity index is 1.87. The van der Waals surface area contributed by atoms with Crippen LogP contribution in [0, 0.1) is 56.2 Å². The summed E-state index contributed by atoms with van der Waals surface area (Å²) in [6, 6.07) is 11.2. The first-order valence-corrected chi connectivity index (χ1v) is 13.2. The number of hydrogen-bond donors (Lipinski definition) is 1. The van der Waals surface area contributed by atoms with E-state index in [1.807, 2.05) is 0 Å². The molecular formula is C27H32Cl2N4O2. The summed E-state index contributed by atoms with van der Waals surface area (Å²) in [7, 11) is 0. The monoisotopic (exact) mass is 514 g/mol. The Morgan fingerprint density at radius 2 is 1.54 bits per heavy atom. The average Bonchev–Trinajstić information content (AvgIpc) is 3.00.